The van der Waals surface area contributed by atoms with Crippen molar-refractivity contribution < 1.29 is 9.69 Å². The van der Waals surface area contributed by atoms with Crippen LogP contribution in [0.1, 0.15) is 22.3 Å². The standard InChI is InChI=1S/C22H25N3O/c1-16-8-6-9-17(14-16)21-15-19(18-10-4-5-11-20(18)24-21)22(26)23-12-7-13-25(2)3/h4-6,8-11,14-15H,7,12-13H2,1-3H3,(H,23,26)/p+1. The number of para-hydroxylation sites is 1. The summed E-state index contributed by atoms with van der Waals surface area (Å²) in [7, 11) is 4.23. The molecule has 1 heterocycles. The van der Waals surface area contributed by atoms with Crippen LogP contribution in [0.2, 0.25) is 0 Å². The lowest BCUT2D eigenvalue weighted by atomic mass is 10.0. The molecule has 0 saturated carbocycles. The van der Waals surface area contributed by atoms with Gasteiger partial charge in [0.1, 0.15) is 0 Å². The third-order valence-electron chi connectivity index (χ3n) is 4.41. The van der Waals surface area contributed by atoms with Crippen LogP contribution in [-0.2, 0) is 0 Å². The highest BCUT2D eigenvalue weighted by Crippen LogP contribution is 2.25. The number of pyridine rings is 1. The molecule has 0 aliphatic carbocycles. The Morgan fingerprint density at radius 1 is 1.08 bits per heavy atom. The summed E-state index contributed by atoms with van der Waals surface area (Å²) in [5, 5.41) is 3.95. The number of rotatable bonds is 6. The van der Waals surface area contributed by atoms with Crippen molar-refractivity contribution in [2.24, 2.45) is 0 Å². The van der Waals surface area contributed by atoms with E-state index in [0.717, 1.165) is 35.1 Å². The van der Waals surface area contributed by atoms with Crippen molar-refractivity contribution in [1.29, 1.82) is 0 Å². The lowest BCUT2D eigenvalue weighted by molar-refractivity contribution is -0.858. The minimum Gasteiger partial charge on any atom is -0.352 e. The van der Waals surface area contributed by atoms with E-state index in [1.807, 2.05) is 42.5 Å². The number of nitrogens with one attached hydrogen (secondary N) is 2. The SMILES string of the molecule is Cc1cccc(-c2cc(C(=O)NCCC[NH+](C)C)c3ccccc3n2)c1. The maximum absolute atomic E-state index is 12.8. The Labute approximate surface area is 154 Å². The van der Waals surface area contributed by atoms with Crippen LogP contribution in [-0.4, -0.2) is 38.1 Å². The molecule has 2 aromatic carbocycles. The summed E-state index contributed by atoms with van der Waals surface area (Å²) < 4.78 is 0. The van der Waals surface area contributed by atoms with E-state index in [0.29, 0.717) is 12.1 Å². The number of fused-ring (bicyclic) bond motifs is 1. The number of aromatic nitrogens is 1. The fraction of sp³-hybridized carbons (Fsp3) is 0.273. The van der Waals surface area contributed by atoms with Gasteiger partial charge in [-0.15, -0.1) is 0 Å². The van der Waals surface area contributed by atoms with Gasteiger partial charge in [-0.1, -0.05) is 42.0 Å². The maximum atomic E-state index is 12.8. The number of hydrogen-bond donors (Lipinski definition) is 2. The third kappa shape index (κ3) is 4.27. The summed E-state index contributed by atoms with van der Waals surface area (Å²) in [5.41, 5.74) is 4.56. The second kappa shape index (κ2) is 8.11. The molecule has 0 fully saturated rings. The molecule has 0 atom stereocenters. The van der Waals surface area contributed by atoms with Gasteiger partial charge in [0.25, 0.3) is 5.91 Å². The van der Waals surface area contributed by atoms with Crippen LogP contribution in [0.4, 0.5) is 0 Å². The Morgan fingerprint density at radius 3 is 2.65 bits per heavy atom. The quantitative estimate of drug-likeness (QED) is 0.672. The number of benzene rings is 2. The molecule has 3 aromatic rings. The smallest absolute Gasteiger partial charge is 0.252 e. The van der Waals surface area contributed by atoms with Crippen molar-refractivity contribution in [2.45, 2.75) is 13.3 Å². The minimum absolute atomic E-state index is 0.0359. The van der Waals surface area contributed by atoms with Crippen LogP contribution >= 0.6 is 0 Å². The summed E-state index contributed by atoms with van der Waals surface area (Å²) in [4.78, 5) is 19.0. The molecule has 26 heavy (non-hydrogen) atoms. The lowest BCUT2D eigenvalue weighted by Crippen LogP contribution is -3.05. The number of hydrogen-bond acceptors (Lipinski definition) is 2. The number of amides is 1. The zero-order valence-corrected chi connectivity index (χ0v) is 15.7. The van der Waals surface area contributed by atoms with Gasteiger partial charge in [-0.3, -0.25) is 4.79 Å². The number of nitrogens with zero attached hydrogens (tertiary/aromatic N) is 1. The Hall–Kier alpha value is -2.72. The minimum atomic E-state index is -0.0359. The second-order valence-corrected chi connectivity index (χ2v) is 7.01. The van der Waals surface area contributed by atoms with E-state index in [4.69, 9.17) is 4.98 Å². The van der Waals surface area contributed by atoms with Crippen molar-refractivity contribution >= 4 is 16.8 Å². The normalized spacial score (nSPS) is 11.1. The first kappa shape index (κ1) is 18.1. The molecule has 0 aliphatic rings. The van der Waals surface area contributed by atoms with Crippen molar-refractivity contribution in [3.63, 3.8) is 0 Å². The lowest BCUT2D eigenvalue weighted by Gasteiger charge is -2.11. The molecule has 1 aromatic heterocycles. The fourth-order valence-electron chi connectivity index (χ4n) is 3.05. The van der Waals surface area contributed by atoms with Gasteiger partial charge in [0.05, 0.1) is 37.4 Å². The highest BCUT2D eigenvalue weighted by atomic mass is 16.1. The molecular formula is C22H26N3O+. The van der Waals surface area contributed by atoms with Gasteiger partial charge in [-0.25, -0.2) is 4.98 Å². The van der Waals surface area contributed by atoms with E-state index in [2.05, 4.69) is 38.5 Å². The van der Waals surface area contributed by atoms with E-state index in [9.17, 15) is 4.79 Å². The molecule has 0 saturated heterocycles. The van der Waals surface area contributed by atoms with Gasteiger partial charge in [-0.2, -0.15) is 0 Å². The summed E-state index contributed by atoms with van der Waals surface area (Å²) >= 11 is 0. The Balaban J connectivity index is 1.94. The van der Waals surface area contributed by atoms with Crippen LogP contribution in [0.5, 0.6) is 0 Å². The summed E-state index contributed by atoms with van der Waals surface area (Å²) in [5.74, 6) is -0.0359. The van der Waals surface area contributed by atoms with Crippen LogP contribution < -0.4 is 10.2 Å². The van der Waals surface area contributed by atoms with E-state index < -0.39 is 0 Å². The average Bonchev–Trinajstić information content (AvgIpc) is 2.64. The maximum Gasteiger partial charge on any atom is 0.252 e. The summed E-state index contributed by atoms with van der Waals surface area (Å²) in [6, 6.07) is 17.9. The Morgan fingerprint density at radius 2 is 1.88 bits per heavy atom. The molecular weight excluding hydrogens is 322 g/mol. The highest BCUT2D eigenvalue weighted by Gasteiger charge is 2.13. The molecule has 3 rings (SSSR count). The first-order valence-electron chi connectivity index (χ1n) is 9.08. The average molecular weight is 348 g/mol. The number of carbonyl (C=O) groups is 1. The number of aryl methyl sites for hydroxylation is 1. The molecule has 4 heteroatoms. The van der Waals surface area contributed by atoms with Crippen molar-refractivity contribution in [2.75, 3.05) is 27.2 Å². The monoisotopic (exact) mass is 348 g/mol. The molecule has 0 aliphatic heterocycles. The summed E-state index contributed by atoms with van der Waals surface area (Å²) in [6.07, 6.45) is 0.960. The van der Waals surface area contributed by atoms with Crippen molar-refractivity contribution in [3.05, 3.63) is 65.7 Å². The number of quaternary nitrogens is 1. The van der Waals surface area contributed by atoms with Gasteiger partial charge in [0.15, 0.2) is 0 Å². The largest absolute Gasteiger partial charge is 0.352 e. The third-order valence-corrected chi connectivity index (χ3v) is 4.41. The fourth-order valence-corrected chi connectivity index (χ4v) is 3.05. The first-order chi connectivity index (χ1) is 12.5. The zero-order valence-electron chi connectivity index (χ0n) is 15.7. The molecule has 2 N–H and O–H groups in total. The zero-order chi connectivity index (χ0) is 18.5. The molecule has 4 nitrogen and oxygen atoms in total. The van der Waals surface area contributed by atoms with E-state index in [1.54, 1.807) is 0 Å². The molecule has 0 bridgehead atoms. The van der Waals surface area contributed by atoms with Gasteiger partial charge in [0.2, 0.25) is 0 Å². The number of carbonyl (C=O) groups excluding carboxylic acids is 1. The van der Waals surface area contributed by atoms with Gasteiger partial charge < -0.3 is 10.2 Å². The van der Waals surface area contributed by atoms with E-state index in [-0.39, 0.29) is 5.91 Å². The Bertz CT molecular complexity index is 918. The Kier molecular flexibility index (Phi) is 5.64. The molecule has 1 amide bonds. The van der Waals surface area contributed by atoms with Gasteiger partial charge in [0, 0.05) is 23.9 Å². The molecule has 134 valence electrons. The van der Waals surface area contributed by atoms with Crippen LogP contribution in [0.15, 0.2) is 54.6 Å². The molecule has 0 unspecified atom stereocenters. The predicted octanol–water partition coefficient (Wildman–Crippen LogP) is 2.47. The summed E-state index contributed by atoms with van der Waals surface area (Å²) in [6.45, 7) is 3.78. The molecule has 0 radical (unpaired) electrons. The van der Waals surface area contributed by atoms with Crippen LogP contribution in [0.25, 0.3) is 22.2 Å². The topological polar surface area (TPSA) is 46.4 Å². The van der Waals surface area contributed by atoms with Crippen molar-refractivity contribution in [3.8, 4) is 11.3 Å². The van der Waals surface area contributed by atoms with Gasteiger partial charge >= 0.3 is 0 Å². The second-order valence-electron chi connectivity index (χ2n) is 7.01. The molecule has 0 spiro atoms. The first-order valence-corrected chi connectivity index (χ1v) is 9.08. The van der Waals surface area contributed by atoms with E-state index >= 15 is 0 Å². The van der Waals surface area contributed by atoms with Crippen LogP contribution in [0, 0.1) is 6.92 Å². The van der Waals surface area contributed by atoms with Crippen LogP contribution in [0.3, 0.4) is 0 Å². The highest BCUT2D eigenvalue weighted by molar-refractivity contribution is 6.07. The predicted molar refractivity (Wildman–Crippen MR) is 107 cm³/mol. The van der Waals surface area contributed by atoms with Crippen molar-refractivity contribution in [1.82, 2.24) is 10.3 Å². The van der Waals surface area contributed by atoms with Gasteiger partial charge in [-0.05, 0) is 25.1 Å². The van der Waals surface area contributed by atoms with E-state index in [1.165, 1.54) is 10.5 Å².